The van der Waals surface area contributed by atoms with Crippen LogP contribution in [-0.4, -0.2) is 61.4 Å². The fraction of sp³-hybridized carbons (Fsp3) is 0.923. The molecule has 0 aromatic rings. The van der Waals surface area contributed by atoms with Crippen LogP contribution in [-0.2, 0) is 9.53 Å². The van der Waals surface area contributed by atoms with Crippen LogP contribution in [0.4, 0.5) is 0 Å². The summed E-state index contributed by atoms with van der Waals surface area (Å²) in [5.74, 6) is 0.579. The number of carbonyl (C=O) groups excluding carboxylic acids is 1. The van der Waals surface area contributed by atoms with Crippen LogP contribution in [0, 0.1) is 11.8 Å². The third kappa shape index (κ3) is 3.02. The Morgan fingerprint density at radius 2 is 2.11 bits per heavy atom. The summed E-state index contributed by atoms with van der Waals surface area (Å²) in [6.07, 6.45) is 1.23. The number of nitrogens with one attached hydrogen (secondary N) is 1. The summed E-state index contributed by atoms with van der Waals surface area (Å²) < 4.78 is 5.25. The van der Waals surface area contributed by atoms with Gasteiger partial charge in [0.05, 0.1) is 11.5 Å². The van der Waals surface area contributed by atoms with Crippen molar-refractivity contribution < 1.29 is 14.6 Å². The minimum Gasteiger partial charge on any atom is -0.388 e. The second-order valence-electron chi connectivity index (χ2n) is 5.77. The van der Waals surface area contributed by atoms with E-state index in [1.165, 1.54) is 0 Å². The molecule has 2 fully saturated rings. The molecule has 2 rings (SSSR count). The Morgan fingerprint density at radius 3 is 2.67 bits per heavy atom. The third-order valence-corrected chi connectivity index (χ3v) is 4.17. The van der Waals surface area contributed by atoms with Crippen LogP contribution in [0.2, 0.25) is 0 Å². The molecule has 0 bridgehead atoms. The van der Waals surface area contributed by atoms with Crippen LogP contribution in [0.5, 0.6) is 0 Å². The van der Waals surface area contributed by atoms with Gasteiger partial charge in [-0.3, -0.25) is 4.79 Å². The number of aliphatic hydroxyl groups is 1. The zero-order valence-corrected chi connectivity index (χ0v) is 11.3. The number of hydrogen-bond donors (Lipinski definition) is 2. The minimum atomic E-state index is -0.766. The number of ether oxygens (including phenoxy) is 1. The molecule has 0 radical (unpaired) electrons. The van der Waals surface area contributed by atoms with Crippen molar-refractivity contribution in [3.05, 3.63) is 0 Å². The van der Waals surface area contributed by atoms with E-state index in [1.54, 1.807) is 11.9 Å². The largest absolute Gasteiger partial charge is 0.388 e. The number of carbonyl (C=O) groups is 1. The molecule has 2 heterocycles. The molecule has 1 amide bonds. The molecular weight excluding hydrogens is 232 g/mol. The summed E-state index contributed by atoms with van der Waals surface area (Å²) in [7, 11) is 1.79. The predicted octanol–water partition coefficient (Wildman–Crippen LogP) is -0.158. The number of amides is 1. The topological polar surface area (TPSA) is 61.8 Å². The van der Waals surface area contributed by atoms with Crippen molar-refractivity contribution in [2.75, 3.05) is 39.9 Å². The normalized spacial score (nSPS) is 31.3. The lowest BCUT2D eigenvalue weighted by atomic mass is 9.92. The van der Waals surface area contributed by atoms with Gasteiger partial charge in [-0.1, -0.05) is 6.92 Å². The summed E-state index contributed by atoms with van der Waals surface area (Å²) in [5.41, 5.74) is -0.766. The molecule has 0 saturated carbocycles. The maximum absolute atomic E-state index is 12.3. The van der Waals surface area contributed by atoms with Gasteiger partial charge in [0, 0.05) is 46.2 Å². The molecule has 5 heteroatoms. The van der Waals surface area contributed by atoms with Gasteiger partial charge in [0.1, 0.15) is 0 Å². The Labute approximate surface area is 108 Å². The van der Waals surface area contributed by atoms with Crippen LogP contribution in [0.1, 0.15) is 19.8 Å². The average Bonchev–Trinajstić information content (AvgIpc) is 2.74. The molecule has 2 atom stereocenters. The van der Waals surface area contributed by atoms with E-state index in [2.05, 4.69) is 12.2 Å². The molecule has 2 N–H and O–H groups in total. The average molecular weight is 256 g/mol. The van der Waals surface area contributed by atoms with E-state index in [4.69, 9.17) is 4.74 Å². The van der Waals surface area contributed by atoms with Gasteiger partial charge in [-0.25, -0.2) is 0 Å². The van der Waals surface area contributed by atoms with Crippen molar-refractivity contribution in [3.63, 3.8) is 0 Å². The molecule has 0 aliphatic carbocycles. The van der Waals surface area contributed by atoms with E-state index in [0.717, 1.165) is 13.1 Å². The highest BCUT2D eigenvalue weighted by atomic mass is 16.5. The second-order valence-corrected chi connectivity index (χ2v) is 5.77. The molecule has 0 spiro atoms. The SMILES string of the molecule is CC1CNCC1C(=O)N(C)CC1(O)CCOCC1. The van der Waals surface area contributed by atoms with Gasteiger partial charge in [0.2, 0.25) is 5.91 Å². The van der Waals surface area contributed by atoms with Crippen molar-refractivity contribution in [2.45, 2.75) is 25.4 Å². The van der Waals surface area contributed by atoms with Crippen LogP contribution in [0.3, 0.4) is 0 Å². The van der Waals surface area contributed by atoms with Crippen LogP contribution < -0.4 is 5.32 Å². The van der Waals surface area contributed by atoms with Crippen molar-refractivity contribution in [1.82, 2.24) is 10.2 Å². The Hall–Kier alpha value is -0.650. The standard InChI is InChI=1S/C13H24N2O3/c1-10-7-14-8-11(10)12(16)15(2)9-13(17)3-5-18-6-4-13/h10-11,14,17H,3-9H2,1-2H3. The van der Waals surface area contributed by atoms with Crippen molar-refractivity contribution >= 4 is 5.91 Å². The first kappa shape index (κ1) is 13.8. The Bertz CT molecular complexity index is 303. The van der Waals surface area contributed by atoms with E-state index in [9.17, 15) is 9.90 Å². The van der Waals surface area contributed by atoms with E-state index >= 15 is 0 Å². The second kappa shape index (κ2) is 5.55. The number of nitrogens with zero attached hydrogens (tertiary/aromatic N) is 1. The highest BCUT2D eigenvalue weighted by molar-refractivity contribution is 5.79. The van der Waals surface area contributed by atoms with Crippen molar-refractivity contribution in [2.24, 2.45) is 11.8 Å². The Morgan fingerprint density at radius 1 is 1.44 bits per heavy atom. The Kier molecular flexibility index (Phi) is 4.25. The minimum absolute atomic E-state index is 0.0541. The van der Waals surface area contributed by atoms with Crippen LogP contribution in [0.15, 0.2) is 0 Å². The molecule has 0 aromatic carbocycles. The van der Waals surface area contributed by atoms with E-state index in [0.29, 0.717) is 38.5 Å². The van der Waals surface area contributed by atoms with Gasteiger partial charge < -0.3 is 20.1 Å². The smallest absolute Gasteiger partial charge is 0.227 e. The maximum atomic E-state index is 12.3. The summed E-state index contributed by atoms with van der Waals surface area (Å²) in [5, 5.41) is 13.7. The van der Waals surface area contributed by atoms with Crippen LogP contribution >= 0.6 is 0 Å². The van der Waals surface area contributed by atoms with Gasteiger partial charge in [-0.15, -0.1) is 0 Å². The van der Waals surface area contributed by atoms with Gasteiger partial charge in [-0.05, 0) is 12.5 Å². The van der Waals surface area contributed by atoms with Crippen molar-refractivity contribution in [1.29, 1.82) is 0 Å². The van der Waals surface area contributed by atoms with Crippen LogP contribution in [0.25, 0.3) is 0 Å². The molecule has 2 aliphatic rings. The summed E-state index contributed by atoms with van der Waals surface area (Å²) in [6, 6.07) is 0. The first-order valence-corrected chi connectivity index (χ1v) is 6.78. The molecule has 2 saturated heterocycles. The van der Waals surface area contributed by atoms with Gasteiger partial charge in [0.15, 0.2) is 0 Å². The summed E-state index contributed by atoms with van der Waals surface area (Å²) in [6.45, 7) is 5.34. The van der Waals surface area contributed by atoms with Gasteiger partial charge in [-0.2, -0.15) is 0 Å². The molecule has 18 heavy (non-hydrogen) atoms. The molecule has 104 valence electrons. The first-order chi connectivity index (χ1) is 8.52. The Balaban J connectivity index is 1.90. The lowest BCUT2D eigenvalue weighted by Gasteiger charge is -2.36. The maximum Gasteiger partial charge on any atom is 0.227 e. The van der Waals surface area contributed by atoms with Crippen molar-refractivity contribution in [3.8, 4) is 0 Å². The number of hydrogen-bond acceptors (Lipinski definition) is 4. The fourth-order valence-corrected chi connectivity index (χ4v) is 2.85. The quantitative estimate of drug-likeness (QED) is 0.737. The zero-order valence-electron chi connectivity index (χ0n) is 11.3. The third-order valence-electron chi connectivity index (χ3n) is 4.17. The summed E-state index contributed by atoms with van der Waals surface area (Å²) >= 11 is 0. The molecule has 2 unspecified atom stereocenters. The number of likely N-dealkylation sites (N-methyl/N-ethyl adjacent to an activating group) is 1. The molecule has 0 aromatic heterocycles. The number of rotatable bonds is 3. The fourth-order valence-electron chi connectivity index (χ4n) is 2.85. The van der Waals surface area contributed by atoms with E-state index in [1.807, 2.05) is 0 Å². The molecule has 5 nitrogen and oxygen atoms in total. The van der Waals surface area contributed by atoms with E-state index < -0.39 is 5.60 Å². The highest BCUT2D eigenvalue weighted by Crippen LogP contribution is 2.24. The first-order valence-electron chi connectivity index (χ1n) is 6.78. The lowest BCUT2D eigenvalue weighted by Crippen LogP contribution is -2.49. The predicted molar refractivity (Wildman–Crippen MR) is 68.2 cm³/mol. The van der Waals surface area contributed by atoms with Gasteiger partial charge in [0.25, 0.3) is 0 Å². The zero-order chi connectivity index (χ0) is 13.2. The van der Waals surface area contributed by atoms with E-state index in [-0.39, 0.29) is 11.8 Å². The lowest BCUT2D eigenvalue weighted by molar-refractivity contribution is -0.141. The van der Waals surface area contributed by atoms with Gasteiger partial charge >= 0.3 is 0 Å². The monoisotopic (exact) mass is 256 g/mol. The molecular formula is C13H24N2O3. The highest BCUT2D eigenvalue weighted by Gasteiger charge is 2.36. The molecule has 2 aliphatic heterocycles. The summed E-state index contributed by atoms with van der Waals surface area (Å²) in [4.78, 5) is 14.0.